The van der Waals surface area contributed by atoms with Gasteiger partial charge in [0.05, 0.1) is 0 Å². The van der Waals surface area contributed by atoms with Crippen molar-refractivity contribution in [3.63, 3.8) is 0 Å². The fourth-order valence-corrected chi connectivity index (χ4v) is 1.65. The SMILES string of the molecule is C=C1OCCOC(=O)C(=O)OCCOC(=O)C(=O)OCCOC(=O)C(=O)OCCOC1=C. The van der Waals surface area contributed by atoms with Gasteiger partial charge in [-0.2, -0.15) is 0 Å². The van der Waals surface area contributed by atoms with Gasteiger partial charge in [0.1, 0.15) is 52.9 Å². The Hall–Kier alpha value is -4.10. The standard InChI is InChI=1S/C18H20O14/c1-11-12(2)26-4-6-28-14(20)16(22)30-8-10-32-18(24)17(23)31-9-7-29-15(21)13(19)27-5-3-25-11/h1-10H2. The first-order valence-corrected chi connectivity index (χ1v) is 8.87. The number of ether oxygens (including phenoxy) is 8. The molecule has 176 valence electrons. The van der Waals surface area contributed by atoms with E-state index in [2.05, 4.69) is 41.6 Å². The van der Waals surface area contributed by atoms with Gasteiger partial charge in [0, 0.05) is 0 Å². The van der Waals surface area contributed by atoms with Crippen molar-refractivity contribution in [1.29, 1.82) is 0 Å². The van der Waals surface area contributed by atoms with Crippen molar-refractivity contribution in [2.75, 3.05) is 52.9 Å². The van der Waals surface area contributed by atoms with Gasteiger partial charge in [-0.1, -0.05) is 13.2 Å². The zero-order chi connectivity index (χ0) is 23.9. The fourth-order valence-electron chi connectivity index (χ4n) is 1.65. The van der Waals surface area contributed by atoms with Crippen LogP contribution in [0.5, 0.6) is 0 Å². The summed E-state index contributed by atoms with van der Waals surface area (Å²) >= 11 is 0. The van der Waals surface area contributed by atoms with Gasteiger partial charge in [-0.25, -0.2) is 28.8 Å². The fraction of sp³-hybridized carbons (Fsp3) is 0.444. The third-order valence-electron chi connectivity index (χ3n) is 3.10. The van der Waals surface area contributed by atoms with Crippen LogP contribution < -0.4 is 0 Å². The first-order valence-electron chi connectivity index (χ1n) is 8.87. The van der Waals surface area contributed by atoms with E-state index in [-0.39, 0.29) is 37.9 Å². The van der Waals surface area contributed by atoms with Crippen LogP contribution in [0, 0.1) is 0 Å². The Bertz CT molecular complexity index is 576. The Morgan fingerprint density at radius 1 is 0.344 bits per heavy atom. The molecule has 0 unspecified atom stereocenters. The average Bonchev–Trinajstić information content (AvgIpc) is 2.77. The predicted octanol–water partition coefficient (Wildman–Crippen LogP) is -1.68. The van der Waals surface area contributed by atoms with E-state index >= 15 is 0 Å². The monoisotopic (exact) mass is 460 g/mol. The Kier molecular flexibility index (Phi) is 11.3. The molecular formula is C18H20O14. The van der Waals surface area contributed by atoms with Crippen LogP contribution in [0.4, 0.5) is 0 Å². The number of carbonyl (C=O) groups excluding carboxylic acids is 6. The minimum absolute atomic E-state index is 0.0276. The molecule has 0 radical (unpaired) electrons. The lowest BCUT2D eigenvalue weighted by molar-refractivity contribution is -0.174. The number of hydrogen-bond donors (Lipinski definition) is 0. The van der Waals surface area contributed by atoms with Crippen LogP contribution >= 0.6 is 0 Å². The summed E-state index contributed by atoms with van der Waals surface area (Å²) in [6.07, 6.45) is 0. The number of carbonyl (C=O) groups is 6. The van der Waals surface area contributed by atoms with Crippen molar-refractivity contribution in [3.8, 4) is 0 Å². The van der Waals surface area contributed by atoms with Crippen molar-refractivity contribution in [3.05, 3.63) is 24.7 Å². The first kappa shape index (κ1) is 25.9. The molecule has 1 heterocycles. The first-order chi connectivity index (χ1) is 15.2. The number of esters is 6. The van der Waals surface area contributed by atoms with Crippen LogP contribution in [0.1, 0.15) is 0 Å². The Balaban J connectivity index is 2.59. The summed E-state index contributed by atoms with van der Waals surface area (Å²) in [6, 6.07) is 0. The molecule has 1 aliphatic rings. The molecule has 0 atom stereocenters. The van der Waals surface area contributed by atoms with Gasteiger partial charge in [-0.05, 0) is 0 Å². The second-order valence-corrected chi connectivity index (χ2v) is 5.36. The molecule has 32 heavy (non-hydrogen) atoms. The van der Waals surface area contributed by atoms with E-state index in [0.717, 1.165) is 0 Å². The van der Waals surface area contributed by atoms with Crippen molar-refractivity contribution in [1.82, 2.24) is 0 Å². The molecule has 0 N–H and O–H groups in total. The molecule has 14 nitrogen and oxygen atoms in total. The highest BCUT2D eigenvalue weighted by Crippen LogP contribution is 2.08. The highest BCUT2D eigenvalue weighted by atomic mass is 16.6. The smallest absolute Gasteiger partial charge is 0.417 e. The summed E-state index contributed by atoms with van der Waals surface area (Å²) < 4.78 is 37.3. The summed E-state index contributed by atoms with van der Waals surface area (Å²) in [4.78, 5) is 68.6. The molecule has 1 fully saturated rings. The Morgan fingerprint density at radius 3 is 0.688 bits per heavy atom. The van der Waals surface area contributed by atoms with Crippen molar-refractivity contribution < 1.29 is 66.7 Å². The lowest BCUT2D eigenvalue weighted by Gasteiger charge is -2.13. The molecule has 1 rings (SSSR count). The van der Waals surface area contributed by atoms with Gasteiger partial charge < -0.3 is 37.9 Å². The molecule has 1 aliphatic heterocycles. The van der Waals surface area contributed by atoms with Gasteiger partial charge in [0.15, 0.2) is 11.5 Å². The van der Waals surface area contributed by atoms with Crippen LogP contribution in [-0.4, -0.2) is 88.7 Å². The topological polar surface area (TPSA) is 176 Å². The minimum atomic E-state index is -1.43. The maximum atomic E-state index is 11.5. The molecule has 0 aromatic carbocycles. The van der Waals surface area contributed by atoms with E-state index in [1.54, 1.807) is 0 Å². The van der Waals surface area contributed by atoms with E-state index in [9.17, 15) is 28.8 Å². The van der Waals surface area contributed by atoms with Gasteiger partial charge in [-0.3, -0.25) is 0 Å². The lowest BCUT2D eigenvalue weighted by atomic mass is 10.5. The Labute approximate surface area is 180 Å². The van der Waals surface area contributed by atoms with E-state index in [1.165, 1.54) is 0 Å². The minimum Gasteiger partial charge on any atom is -0.487 e. The molecule has 0 spiro atoms. The average molecular weight is 460 g/mol. The largest absolute Gasteiger partial charge is 0.487 e. The third-order valence-corrected chi connectivity index (χ3v) is 3.10. The van der Waals surface area contributed by atoms with Crippen LogP contribution in [0.2, 0.25) is 0 Å². The van der Waals surface area contributed by atoms with Gasteiger partial charge in [0.25, 0.3) is 0 Å². The Morgan fingerprint density at radius 2 is 0.500 bits per heavy atom. The predicted molar refractivity (Wildman–Crippen MR) is 95.9 cm³/mol. The molecule has 0 amide bonds. The molecule has 0 aromatic heterocycles. The molecule has 1 saturated heterocycles. The zero-order valence-electron chi connectivity index (χ0n) is 16.8. The lowest BCUT2D eigenvalue weighted by Crippen LogP contribution is -2.27. The van der Waals surface area contributed by atoms with E-state index in [1.807, 2.05) is 0 Å². The van der Waals surface area contributed by atoms with Crippen molar-refractivity contribution in [2.24, 2.45) is 0 Å². The molecule has 0 aliphatic carbocycles. The molecule has 0 bridgehead atoms. The van der Waals surface area contributed by atoms with Gasteiger partial charge in [0.2, 0.25) is 0 Å². The highest BCUT2D eigenvalue weighted by Gasteiger charge is 2.21. The zero-order valence-corrected chi connectivity index (χ0v) is 16.8. The molecule has 14 heteroatoms. The van der Waals surface area contributed by atoms with Crippen LogP contribution in [0.15, 0.2) is 24.7 Å². The third kappa shape index (κ3) is 10.1. The molecule has 0 aromatic rings. The van der Waals surface area contributed by atoms with Crippen LogP contribution in [-0.2, 0) is 66.7 Å². The van der Waals surface area contributed by atoms with Crippen LogP contribution in [0.25, 0.3) is 0 Å². The summed E-state index contributed by atoms with van der Waals surface area (Å²) in [6.45, 7) is 3.73. The van der Waals surface area contributed by atoms with E-state index in [0.29, 0.717) is 0 Å². The van der Waals surface area contributed by atoms with Crippen molar-refractivity contribution >= 4 is 35.8 Å². The second kappa shape index (κ2) is 14.0. The van der Waals surface area contributed by atoms with Crippen LogP contribution in [0.3, 0.4) is 0 Å². The number of cyclic esters (lactones) is 6. The van der Waals surface area contributed by atoms with E-state index in [4.69, 9.17) is 9.47 Å². The normalized spacial score (nSPS) is 19.5. The summed E-state index contributed by atoms with van der Waals surface area (Å²) in [7, 11) is 0. The molecule has 0 saturated carbocycles. The number of hydrogen-bond acceptors (Lipinski definition) is 14. The van der Waals surface area contributed by atoms with Gasteiger partial charge in [-0.15, -0.1) is 0 Å². The summed E-state index contributed by atoms with van der Waals surface area (Å²) in [5, 5.41) is 0. The highest BCUT2D eigenvalue weighted by molar-refractivity contribution is 6.30. The van der Waals surface area contributed by atoms with E-state index < -0.39 is 62.2 Å². The summed E-state index contributed by atoms with van der Waals surface area (Å²) in [5.74, 6) is -8.29. The number of rotatable bonds is 0. The quantitative estimate of drug-likeness (QED) is 0.227. The maximum absolute atomic E-state index is 11.5. The summed E-state index contributed by atoms with van der Waals surface area (Å²) in [5.41, 5.74) is 0. The molecular weight excluding hydrogens is 440 g/mol. The van der Waals surface area contributed by atoms with Gasteiger partial charge >= 0.3 is 35.8 Å². The maximum Gasteiger partial charge on any atom is 0.417 e. The second-order valence-electron chi connectivity index (χ2n) is 5.36. The van der Waals surface area contributed by atoms with Crippen molar-refractivity contribution in [2.45, 2.75) is 0 Å².